The zero-order chi connectivity index (χ0) is 16.4. The topological polar surface area (TPSA) is 112 Å². The number of rotatable bonds is 5. The average molecular weight is 323 g/mol. The van der Waals surface area contributed by atoms with Crippen molar-refractivity contribution in [2.75, 3.05) is 4.90 Å². The number of carboxylic acid groups (broad SMARTS) is 2. The molecule has 0 aromatic heterocycles. The number of carbonyl (C=O) groups excluding carboxylic acids is 2. The smallest absolute Gasteiger partial charge is 0.335 e. The highest BCUT2D eigenvalue weighted by molar-refractivity contribution is 8.01. The highest BCUT2D eigenvalue weighted by Crippen LogP contribution is 2.32. The Kier molecular flexibility index (Phi) is 4.51. The minimum absolute atomic E-state index is 0.0342. The SMILES string of the molecule is CC(SC1CC(=O)N(c2cccc(C(=O)O)c2)C1=O)C(=O)O. The molecule has 1 aromatic carbocycles. The van der Waals surface area contributed by atoms with Crippen LogP contribution in [0.4, 0.5) is 5.69 Å². The molecule has 1 aliphatic heterocycles. The quantitative estimate of drug-likeness (QED) is 0.783. The first-order valence-corrected chi connectivity index (χ1v) is 7.34. The molecule has 7 nitrogen and oxygen atoms in total. The summed E-state index contributed by atoms with van der Waals surface area (Å²) in [5.74, 6) is -3.21. The number of thioether (sulfide) groups is 1. The van der Waals surface area contributed by atoms with Crippen molar-refractivity contribution in [3.8, 4) is 0 Å². The van der Waals surface area contributed by atoms with Gasteiger partial charge < -0.3 is 10.2 Å². The molecular formula is C14H13NO6S. The number of benzene rings is 1. The molecule has 0 aliphatic carbocycles. The first kappa shape index (κ1) is 16.0. The van der Waals surface area contributed by atoms with Gasteiger partial charge in [0.2, 0.25) is 11.8 Å². The van der Waals surface area contributed by atoms with Crippen LogP contribution in [0.15, 0.2) is 24.3 Å². The normalized spacial score (nSPS) is 19.3. The fraction of sp³-hybridized carbons (Fsp3) is 0.286. The lowest BCUT2D eigenvalue weighted by Gasteiger charge is -2.16. The second-order valence-electron chi connectivity index (χ2n) is 4.73. The summed E-state index contributed by atoms with van der Waals surface area (Å²) in [4.78, 5) is 47.0. The summed E-state index contributed by atoms with van der Waals surface area (Å²) >= 11 is 0.908. The molecule has 0 saturated carbocycles. The maximum absolute atomic E-state index is 12.3. The van der Waals surface area contributed by atoms with E-state index in [1.807, 2.05) is 0 Å². The van der Waals surface area contributed by atoms with Crippen LogP contribution in [0.1, 0.15) is 23.7 Å². The highest BCUT2D eigenvalue weighted by Gasteiger charge is 2.41. The van der Waals surface area contributed by atoms with Crippen LogP contribution in [-0.2, 0) is 14.4 Å². The van der Waals surface area contributed by atoms with Crippen molar-refractivity contribution in [1.82, 2.24) is 0 Å². The summed E-state index contributed by atoms with van der Waals surface area (Å²) in [7, 11) is 0. The van der Waals surface area contributed by atoms with E-state index in [2.05, 4.69) is 0 Å². The Morgan fingerprint density at radius 2 is 2.00 bits per heavy atom. The molecule has 0 bridgehead atoms. The van der Waals surface area contributed by atoms with E-state index in [1.165, 1.54) is 31.2 Å². The molecule has 1 fully saturated rings. The zero-order valence-corrected chi connectivity index (χ0v) is 12.4. The summed E-state index contributed by atoms with van der Waals surface area (Å²) < 4.78 is 0. The zero-order valence-electron chi connectivity index (χ0n) is 11.6. The van der Waals surface area contributed by atoms with Crippen LogP contribution in [0.5, 0.6) is 0 Å². The van der Waals surface area contributed by atoms with Crippen molar-refractivity contribution >= 4 is 41.2 Å². The van der Waals surface area contributed by atoms with E-state index in [0.29, 0.717) is 0 Å². The number of nitrogens with zero attached hydrogens (tertiary/aromatic N) is 1. The van der Waals surface area contributed by atoms with E-state index >= 15 is 0 Å². The van der Waals surface area contributed by atoms with Crippen molar-refractivity contribution in [2.24, 2.45) is 0 Å². The Bertz CT molecular complexity index is 658. The molecule has 22 heavy (non-hydrogen) atoms. The number of carboxylic acids is 2. The van der Waals surface area contributed by atoms with Gasteiger partial charge in [0.25, 0.3) is 0 Å². The number of hydrogen-bond acceptors (Lipinski definition) is 5. The van der Waals surface area contributed by atoms with Crippen molar-refractivity contribution < 1.29 is 29.4 Å². The van der Waals surface area contributed by atoms with Crippen molar-refractivity contribution in [2.45, 2.75) is 23.8 Å². The lowest BCUT2D eigenvalue weighted by molar-refractivity contribution is -0.136. The molecule has 2 N–H and O–H groups in total. The molecule has 0 spiro atoms. The number of hydrogen-bond donors (Lipinski definition) is 2. The molecule has 1 heterocycles. The number of anilines is 1. The predicted octanol–water partition coefficient (Wildman–Crippen LogP) is 1.22. The molecule has 0 radical (unpaired) electrons. The average Bonchev–Trinajstić information content (AvgIpc) is 2.73. The molecule has 1 saturated heterocycles. The fourth-order valence-corrected chi connectivity index (χ4v) is 3.13. The molecule has 2 atom stereocenters. The van der Waals surface area contributed by atoms with E-state index in [4.69, 9.17) is 10.2 Å². The molecule has 1 aliphatic rings. The van der Waals surface area contributed by atoms with Gasteiger partial charge in [-0.25, -0.2) is 9.69 Å². The lowest BCUT2D eigenvalue weighted by atomic mass is 10.2. The fourth-order valence-electron chi connectivity index (χ4n) is 2.06. The second kappa shape index (κ2) is 6.18. The Hall–Kier alpha value is -2.35. The van der Waals surface area contributed by atoms with Gasteiger partial charge in [-0.2, -0.15) is 0 Å². The maximum Gasteiger partial charge on any atom is 0.335 e. The monoisotopic (exact) mass is 323 g/mol. The van der Waals surface area contributed by atoms with Crippen LogP contribution >= 0.6 is 11.8 Å². The largest absolute Gasteiger partial charge is 0.480 e. The van der Waals surface area contributed by atoms with E-state index in [9.17, 15) is 19.2 Å². The molecule has 116 valence electrons. The van der Waals surface area contributed by atoms with E-state index in [1.54, 1.807) is 0 Å². The van der Waals surface area contributed by atoms with Gasteiger partial charge in [0.05, 0.1) is 16.5 Å². The number of carbonyl (C=O) groups is 4. The van der Waals surface area contributed by atoms with Crippen LogP contribution in [0.3, 0.4) is 0 Å². The Morgan fingerprint density at radius 1 is 1.32 bits per heavy atom. The van der Waals surface area contributed by atoms with E-state index < -0.39 is 34.3 Å². The third-order valence-corrected chi connectivity index (χ3v) is 4.48. The first-order chi connectivity index (χ1) is 10.3. The number of imide groups is 1. The Balaban J connectivity index is 2.24. The van der Waals surface area contributed by atoms with Gasteiger partial charge in [-0.3, -0.25) is 14.4 Å². The summed E-state index contributed by atoms with van der Waals surface area (Å²) in [6.07, 6.45) is -0.0988. The van der Waals surface area contributed by atoms with Gasteiger partial charge in [-0.05, 0) is 25.1 Å². The van der Waals surface area contributed by atoms with Crippen LogP contribution < -0.4 is 4.90 Å². The van der Waals surface area contributed by atoms with Crippen molar-refractivity contribution in [1.29, 1.82) is 0 Å². The van der Waals surface area contributed by atoms with Gasteiger partial charge in [0, 0.05) is 6.42 Å². The van der Waals surface area contributed by atoms with Gasteiger partial charge in [0.15, 0.2) is 0 Å². The summed E-state index contributed by atoms with van der Waals surface area (Å²) in [5.41, 5.74) is 0.147. The molecule has 2 rings (SSSR count). The van der Waals surface area contributed by atoms with E-state index in [-0.39, 0.29) is 17.7 Å². The first-order valence-electron chi connectivity index (χ1n) is 6.39. The maximum atomic E-state index is 12.3. The van der Waals surface area contributed by atoms with Gasteiger partial charge in [-0.1, -0.05) is 6.07 Å². The number of aliphatic carboxylic acids is 1. The van der Waals surface area contributed by atoms with Gasteiger partial charge in [-0.15, -0.1) is 11.8 Å². The third kappa shape index (κ3) is 3.11. The molecule has 2 unspecified atom stereocenters. The summed E-state index contributed by atoms with van der Waals surface area (Å²) in [5, 5.41) is 16.3. The van der Waals surface area contributed by atoms with Crippen LogP contribution in [0.25, 0.3) is 0 Å². The highest BCUT2D eigenvalue weighted by atomic mass is 32.2. The lowest BCUT2D eigenvalue weighted by Crippen LogP contribution is -2.32. The van der Waals surface area contributed by atoms with Crippen LogP contribution in [-0.4, -0.2) is 44.5 Å². The van der Waals surface area contributed by atoms with E-state index in [0.717, 1.165) is 16.7 Å². The van der Waals surface area contributed by atoms with Crippen molar-refractivity contribution in [3.63, 3.8) is 0 Å². The standard InChI is InChI=1S/C14H13NO6S/c1-7(13(18)19)22-10-6-11(16)15(12(10)17)9-4-2-3-8(5-9)14(20)21/h2-5,7,10H,6H2,1H3,(H,18,19)(H,20,21). The minimum Gasteiger partial charge on any atom is -0.480 e. The molecular weight excluding hydrogens is 310 g/mol. The van der Waals surface area contributed by atoms with Gasteiger partial charge in [0.1, 0.15) is 5.25 Å². The predicted molar refractivity (Wildman–Crippen MR) is 79.0 cm³/mol. The number of amides is 2. The van der Waals surface area contributed by atoms with Crippen LogP contribution in [0.2, 0.25) is 0 Å². The second-order valence-corrected chi connectivity index (χ2v) is 6.28. The third-order valence-electron chi connectivity index (χ3n) is 3.17. The molecule has 2 amide bonds. The van der Waals surface area contributed by atoms with Crippen LogP contribution in [0, 0.1) is 0 Å². The Labute approximate surface area is 129 Å². The summed E-state index contributed by atoms with van der Waals surface area (Å²) in [6, 6.07) is 5.51. The molecule has 1 aromatic rings. The number of aromatic carboxylic acids is 1. The minimum atomic E-state index is -1.16. The molecule has 8 heteroatoms. The van der Waals surface area contributed by atoms with Gasteiger partial charge >= 0.3 is 11.9 Å². The van der Waals surface area contributed by atoms with Crippen molar-refractivity contribution in [3.05, 3.63) is 29.8 Å². The summed E-state index contributed by atoms with van der Waals surface area (Å²) in [6.45, 7) is 1.44. The Morgan fingerprint density at radius 3 is 2.59 bits per heavy atom.